The zero-order chi connectivity index (χ0) is 18.4. The minimum absolute atomic E-state index is 0. The van der Waals surface area contributed by atoms with Crippen LogP contribution in [0.3, 0.4) is 0 Å². The van der Waals surface area contributed by atoms with Gasteiger partial charge in [0.25, 0.3) is 0 Å². The van der Waals surface area contributed by atoms with Gasteiger partial charge in [0.1, 0.15) is 11.9 Å². The third kappa shape index (κ3) is 7.08. The van der Waals surface area contributed by atoms with Crippen molar-refractivity contribution in [2.45, 2.75) is 44.4 Å². The third-order valence-electron chi connectivity index (χ3n) is 5.50. The van der Waals surface area contributed by atoms with E-state index < -0.39 is 0 Å². The summed E-state index contributed by atoms with van der Waals surface area (Å²) in [6.45, 7) is 4.36. The lowest BCUT2D eigenvalue weighted by Crippen LogP contribution is -2.41. The summed E-state index contributed by atoms with van der Waals surface area (Å²) in [5.74, 6) is 1.48. The summed E-state index contributed by atoms with van der Waals surface area (Å²) in [5, 5.41) is 3.08. The molecule has 8 heteroatoms. The van der Waals surface area contributed by atoms with Crippen molar-refractivity contribution in [3.05, 3.63) is 29.8 Å². The van der Waals surface area contributed by atoms with Crippen LogP contribution in [-0.4, -0.2) is 56.3 Å². The molecule has 28 heavy (non-hydrogen) atoms. The number of benzene rings is 1. The van der Waals surface area contributed by atoms with E-state index in [2.05, 4.69) is 22.3 Å². The fourth-order valence-electron chi connectivity index (χ4n) is 3.77. The van der Waals surface area contributed by atoms with Crippen LogP contribution in [-0.2, 0) is 16.1 Å². The number of likely N-dealkylation sites (tertiary alicyclic amines) is 1. The van der Waals surface area contributed by atoms with Crippen molar-refractivity contribution in [1.29, 1.82) is 0 Å². The number of piperidine rings is 1. The molecule has 0 bridgehead atoms. The first-order valence-electron chi connectivity index (χ1n) is 9.66. The normalized spacial score (nSPS) is 22.8. The summed E-state index contributed by atoms with van der Waals surface area (Å²) in [6, 6.07) is 8.28. The number of amides is 1. The molecular weight excluding hydrogens is 401 g/mol. The molecule has 0 aromatic heterocycles. The Morgan fingerprint density at radius 1 is 1.18 bits per heavy atom. The largest absolute Gasteiger partial charge is 0.497 e. The van der Waals surface area contributed by atoms with Gasteiger partial charge in [-0.3, -0.25) is 9.69 Å². The number of carbonyl (C=O) groups is 1. The van der Waals surface area contributed by atoms with Crippen LogP contribution in [0.2, 0.25) is 0 Å². The lowest BCUT2D eigenvalue weighted by Gasteiger charge is -2.32. The highest BCUT2D eigenvalue weighted by atomic mass is 35.5. The SMILES string of the molecule is COc1ccc(CN2CCC(CNC(=O)[C@@H]3CC[C@H](CN)O3)CC2)cc1.Cl.Cl. The quantitative estimate of drug-likeness (QED) is 0.689. The van der Waals surface area contributed by atoms with Gasteiger partial charge in [-0.15, -0.1) is 24.8 Å². The lowest BCUT2D eigenvalue weighted by molar-refractivity contribution is -0.132. The predicted molar refractivity (Wildman–Crippen MR) is 115 cm³/mol. The Kier molecular flexibility index (Phi) is 11.2. The number of nitrogens with two attached hydrogens (primary N) is 1. The minimum atomic E-state index is -0.307. The Balaban J connectivity index is 0.00000196. The van der Waals surface area contributed by atoms with Crippen molar-refractivity contribution < 1.29 is 14.3 Å². The topological polar surface area (TPSA) is 76.8 Å². The zero-order valence-electron chi connectivity index (χ0n) is 16.5. The van der Waals surface area contributed by atoms with E-state index in [4.69, 9.17) is 15.2 Å². The van der Waals surface area contributed by atoms with Gasteiger partial charge in [0, 0.05) is 19.6 Å². The first kappa shape index (κ1) is 25.0. The number of rotatable bonds is 7. The molecule has 3 N–H and O–H groups in total. The monoisotopic (exact) mass is 433 g/mol. The zero-order valence-corrected chi connectivity index (χ0v) is 18.1. The molecule has 2 saturated heterocycles. The van der Waals surface area contributed by atoms with Gasteiger partial charge < -0.3 is 20.5 Å². The standard InChI is InChI=1S/C20H31N3O3.2ClH/c1-25-17-4-2-16(3-5-17)14-23-10-8-15(9-11-23)13-22-20(24)19-7-6-18(12-21)26-19;;/h2-5,15,18-19H,6-14,21H2,1H3,(H,22,24);2*1H/t18-,19+;;/m1../s1. The van der Waals surface area contributed by atoms with Crippen LogP contribution in [0.25, 0.3) is 0 Å². The number of carbonyl (C=O) groups excluding carboxylic acids is 1. The van der Waals surface area contributed by atoms with Gasteiger partial charge in [-0.2, -0.15) is 0 Å². The van der Waals surface area contributed by atoms with Crippen molar-refractivity contribution in [3.63, 3.8) is 0 Å². The van der Waals surface area contributed by atoms with Gasteiger partial charge in [-0.25, -0.2) is 0 Å². The molecule has 3 rings (SSSR count). The lowest BCUT2D eigenvalue weighted by atomic mass is 9.96. The molecule has 0 saturated carbocycles. The van der Waals surface area contributed by atoms with Gasteiger partial charge in [-0.1, -0.05) is 12.1 Å². The maximum absolute atomic E-state index is 12.2. The van der Waals surface area contributed by atoms with Crippen LogP contribution in [0.4, 0.5) is 0 Å². The van der Waals surface area contributed by atoms with Crippen molar-refractivity contribution >= 4 is 30.7 Å². The highest BCUT2D eigenvalue weighted by molar-refractivity contribution is 5.85. The van der Waals surface area contributed by atoms with Gasteiger partial charge in [0.2, 0.25) is 5.91 Å². The van der Waals surface area contributed by atoms with Crippen LogP contribution in [0.15, 0.2) is 24.3 Å². The van der Waals surface area contributed by atoms with Crippen molar-refractivity contribution in [2.75, 3.05) is 33.3 Å². The highest BCUT2D eigenvalue weighted by Crippen LogP contribution is 2.21. The molecule has 0 aliphatic carbocycles. The first-order chi connectivity index (χ1) is 12.7. The molecule has 2 heterocycles. The summed E-state index contributed by atoms with van der Waals surface area (Å²) >= 11 is 0. The van der Waals surface area contributed by atoms with E-state index in [1.165, 1.54) is 5.56 Å². The number of halogens is 2. The molecule has 0 radical (unpaired) electrons. The molecule has 6 nitrogen and oxygen atoms in total. The Labute approximate surface area is 180 Å². The number of hydrogen-bond donors (Lipinski definition) is 2. The van der Waals surface area contributed by atoms with Crippen LogP contribution in [0.5, 0.6) is 5.75 Å². The molecule has 1 amide bonds. The number of hydrogen-bond acceptors (Lipinski definition) is 5. The molecule has 0 unspecified atom stereocenters. The average Bonchev–Trinajstić information content (AvgIpc) is 3.17. The summed E-state index contributed by atoms with van der Waals surface area (Å²) in [6.07, 6.45) is 3.65. The maximum atomic E-state index is 12.2. The Morgan fingerprint density at radius 2 is 1.86 bits per heavy atom. The molecule has 1 aromatic rings. The number of ether oxygens (including phenoxy) is 2. The summed E-state index contributed by atoms with van der Waals surface area (Å²) in [7, 11) is 1.69. The van der Waals surface area contributed by atoms with E-state index in [-0.39, 0.29) is 42.9 Å². The van der Waals surface area contributed by atoms with Gasteiger partial charge in [0.15, 0.2) is 0 Å². The number of nitrogens with one attached hydrogen (secondary N) is 1. The number of methoxy groups -OCH3 is 1. The van der Waals surface area contributed by atoms with E-state index in [1.54, 1.807) is 7.11 Å². The van der Waals surface area contributed by atoms with E-state index in [9.17, 15) is 4.79 Å². The van der Waals surface area contributed by atoms with Crippen LogP contribution in [0, 0.1) is 5.92 Å². The van der Waals surface area contributed by atoms with E-state index in [0.717, 1.165) is 57.6 Å². The molecule has 2 aliphatic rings. The predicted octanol–water partition coefficient (Wildman–Crippen LogP) is 2.37. The summed E-state index contributed by atoms with van der Waals surface area (Å²) in [4.78, 5) is 14.7. The Hall–Kier alpha value is -1.05. The smallest absolute Gasteiger partial charge is 0.249 e. The van der Waals surface area contributed by atoms with Crippen LogP contribution < -0.4 is 15.8 Å². The number of nitrogens with zero attached hydrogens (tertiary/aromatic N) is 1. The van der Waals surface area contributed by atoms with E-state index >= 15 is 0 Å². The fourth-order valence-corrected chi connectivity index (χ4v) is 3.77. The highest BCUT2D eigenvalue weighted by Gasteiger charge is 2.30. The Bertz CT molecular complexity index is 581. The van der Waals surface area contributed by atoms with Crippen molar-refractivity contribution in [2.24, 2.45) is 11.7 Å². The molecule has 160 valence electrons. The second kappa shape index (κ2) is 12.5. The molecule has 0 spiro atoms. The van der Waals surface area contributed by atoms with E-state index in [0.29, 0.717) is 12.5 Å². The molecule has 2 atom stereocenters. The fraction of sp³-hybridized carbons (Fsp3) is 0.650. The molecular formula is C20H33Cl2N3O3. The molecule has 2 aliphatic heterocycles. The third-order valence-corrected chi connectivity index (χ3v) is 5.50. The second-order valence-corrected chi connectivity index (χ2v) is 7.37. The van der Waals surface area contributed by atoms with Gasteiger partial charge in [0.05, 0.1) is 13.2 Å². The molecule has 2 fully saturated rings. The van der Waals surface area contributed by atoms with Crippen molar-refractivity contribution in [1.82, 2.24) is 10.2 Å². The van der Waals surface area contributed by atoms with Gasteiger partial charge in [-0.05, 0) is 62.4 Å². The first-order valence-corrected chi connectivity index (χ1v) is 9.66. The maximum Gasteiger partial charge on any atom is 0.249 e. The molecule has 1 aromatic carbocycles. The summed E-state index contributed by atoms with van der Waals surface area (Å²) in [5.41, 5.74) is 6.91. The van der Waals surface area contributed by atoms with Crippen LogP contribution >= 0.6 is 24.8 Å². The van der Waals surface area contributed by atoms with Crippen molar-refractivity contribution in [3.8, 4) is 5.75 Å². The summed E-state index contributed by atoms with van der Waals surface area (Å²) < 4.78 is 10.9. The van der Waals surface area contributed by atoms with E-state index in [1.807, 2.05) is 12.1 Å². The van der Waals surface area contributed by atoms with Crippen LogP contribution in [0.1, 0.15) is 31.2 Å². The Morgan fingerprint density at radius 3 is 2.43 bits per heavy atom. The average molecular weight is 434 g/mol. The minimum Gasteiger partial charge on any atom is -0.497 e. The second-order valence-electron chi connectivity index (χ2n) is 7.37. The van der Waals surface area contributed by atoms with Gasteiger partial charge >= 0.3 is 0 Å².